The van der Waals surface area contributed by atoms with Crippen LogP contribution in [0.5, 0.6) is 0 Å². The predicted molar refractivity (Wildman–Crippen MR) is 245 cm³/mol. The Morgan fingerprint density at radius 3 is 1.47 bits per heavy atom. The zero-order valence-corrected chi connectivity index (χ0v) is 33.6. The van der Waals surface area contributed by atoms with Crippen molar-refractivity contribution in [2.45, 2.75) is 19.3 Å². The van der Waals surface area contributed by atoms with Gasteiger partial charge in [-0.15, -0.1) is 0 Å². The largest absolute Gasteiger partial charge is 0.310 e. The molecular weight excluding hydrogens is 722 g/mol. The third kappa shape index (κ3) is 5.81. The van der Waals surface area contributed by atoms with E-state index in [1.54, 1.807) is 6.07 Å². The van der Waals surface area contributed by atoms with Crippen molar-refractivity contribution in [2.75, 3.05) is 4.90 Å². The van der Waals surface area contributed by atoms with Gasteiger partial charge in [-0.25, -0.2) is 4.39 Å². The number of halogens is 1. The van der Waals surface area contributed by atoms with Gasteiger partial charge in [0.15, 0.2) is 8.07 Å². The van der Waals surface area contributed by atoms with Crippen LogP contribution in [0.25, 0.3) is 33.0 Å². The van der Waals surface area contributed by atoms with Gasteiger partial charge in [0.1, 0.15) is 5.82 Å². The standard InChI is InChI=1S/C55H42FNSi/c1-55(2)52-25-15-14-24-50(52)51-35-31-43(37-53(51)55)57(42-29-26-39-16-12-13-17-41(39)36-42)44-30-34-49(54(56)38-44)40-27-32-48(33-28-40)58(45-18-6-3-7-19-45,46-20-8-4-9-21-46)47-22-10-5-11-23-47/h3-38H,1-2H3. The summed E-state index contributed by atoms with van der Waals surface area (Å²) in [6.45, 7) is 4.60. The van der Waals surface area contributed by atoms with Crippen molar-refractivity contribution < 1.29 is 4.39 Å². The fraction of sp³-hybridized carbons (Fsp3) is 0.0545. The van der Waals surface area contributed by atoms with Gasteiger partial charge in [0, 0.05) is 28.0 Å². The second-order valence-corrected chi connectivity index (χ2v) is 19.7. The number of anilines is 3. The molecule has 1 aliphatic carbocycles. The van der Waals surface area contributed by atoms with E-state index >= 15 is 4.39 Å². The molecule has 10 rings (SSSR count). The molecular formula is C55H42FNSi. The Labute approximate surface area is 341 Å². The van der Waals surface area contributed by atoms with Crippen LogP contribution < -0.4 is 25.6 Å². The van der Waals surface area contributed by atoms with Crippen LogP contribution in [0, 0.1) is 5.82 Å². The smallest absolute Gasteiger partial charge is 0.179 e. The fourth-order valence-corrected chi connectivity index (χ4v) is 14.2. The highest BCUT2D eigenvalue weighted by Gasteiger charge is 2.41. The van der Waals surface area contributed by atoms with Crippen molar-refractivity contribution >= 4 is 56.7 Å². The molecule has 0 fully saturated rings. The van der Waals surface area contributed by atoms with E-state index in [0.717, 1.165) is 28.0 Å². The third-order valence-electron chi connectivity index (χ3n) is 12.3. The van der Waals surface area contributed by atoms with Gasteiger partial charge in [-0.1, -0.05) is 190 Å². The Kier molecular flexibility index (Phi) is 8.77. The minimum Gasteiger partial charge on any atom is -0.310 e. The van der Waals surface area contributed by atoms with Crippen molar-refractivity contribution in [1.82, 2.24) is 0 Å². The molecule has 58 heavy (non-hydrogen) atoms. The fourth-order valence-electron chi connectivity index (χ4n) is 9.44. The van der Waals surface area contributed by atoms with Gasteiger partial charge < -0.3 is 4.90 Å². The van der Waals surface area contributed by atoms with Gasteiger partial charge >= 0.3 is 0 Å². The van der Waals surface area contributed by atoms with Crippen LogP contribution in [0.2, 0.25) is 0 Å². The maximum atomic E-state index is 16.8. The molecule has 0 atom stereocenters. The van der Waals surface area contributed by atoms with Gasteiger partial charge in [0.25, 0.3) is 0 Å². The molecule has 9 aromatic carbocycles. The first kappa shape index (κ1) is 35.6. The number of hydrogen-bond donors (Lipinski definition) is 0. The Morgan fingerprint density at radius 2 is 0.845 bits per heavy atom. The minimum absolute atomic E-state index is 0.166. The Balaban J connectivity index is 1.08. The van der Waals surface area contributed by atoms with Gasteiger partial charge in [0.2, 0.25) is 0 Å². The molecule has 278 valence electrons. The summed E-state index contributed by atoms with van der Waals surface area (Å²) in [6, 6.07) is 77.3. The zero-order chi connectivity index (χ0) is 39.3. The monoisotopic (exact) mass is 763 g/mol. The lowest BCUT2D eigenvalue weighted by Crippen LogP contribution is -2.74. The Bertz CT molecular complexity index is 2830. The van der Waals surface area contributed by atoms with Crippen molar-refractivity contribution in [3.05, 3.63) is 235 Å². The lowest BCUT2D eigenvalue weighted by atomic mass is 9.82. The van der Waals surface area contributed by atoms with E-state index in [0.29, 0.717) is 5.56 Å². The van der Waals surface area contributed by atoms with Crippen LogP contribution in [0.1, 0.15) is 25.0 Å². The average Bonchev–Trinajstić information content (AvgIpc) is 3.51. The van der Waals surface area contributed by atoms with Crippen molar-refractivity contribution in [1.29, 1.82) is 0 Å². The molecule has 0 heterocycles. The van der Waals surface area contributed by atoms with Crippen molar-refractivity contribution in [3.8, 4) is 22.3 Å². The first-order chi connectivity index (χ1) is 28.4. The summed E-state index contributed by atoms with van der Waals surface area (Å²) < 4.78 is 16.8. The van der Waals surface area contributed by atoms with Crippen LogP contribution in [0.4, 0.5) is 21.5 Å². The first-order valence-corrected chi connectivity index (χ1v) is 22.0. The van der Waals surface area contributed by atoms with Gasteiger partial charge in [0.05, 0.1) is 0 Å². The summed E-state index contributed by atoms with van der Waals surface area (Å²) >= 11 is 0. The average molecular weight is 764 g/mol. The summed E-state index contributed by atoms with van der Waals surface area (Å²) in [7, 11) is -2.69. The molecule has 0 amide bonds. The van der Waals surface area contributed by atoms with Gasteiger partial charge in [-0.3, -0.25) is 0 Å². The van der Waals surface area contributed by atoms with E-state index in [4.69, 9.17) is 0 Å². The van der Waals surface area contributed by atoms with Crippen LogP contribution in [-0.2, 0) is 5.41 Å². The lowest BCUT2D eigenvalue weighted by Gasteiger charge is -2.34. The predicted octanol–water partition coefficient (Wildman–Crippen LogP) is 11.8. The molecule has 0 saturated heterocycles. The number of hydrogen-bond acceptors (Lipinski definition) is 1. The molecule has 0 aromatic heterocycles. The summed E-state index contributed by atoms with van der Waals surface area (Å²) in [5, 5.41) is 7.48. The first-order valence-electron chi connectivity index (χ1n) is 20.0. The molecule has 1 aliphatic rings. The molecule has 0 bridgehead atoms. The minimum atomic E-state index is -2.69. The van der Waals surface area contributed by atoms with E-state index in [1.807, 2.05) is 6.07 Å². The van der Waals surface area contributed by atoms with E-state index < -0.39 is 8.07 Å². The second kappa shape index (κ2) is 14.3. The molecule has 3 heteroatoms. The summed E-state index contributed by atoms with van der Waals surface area (Å²) in [5.41, 5.74) is 9.14. The molecule has 0 N–H and O–H groups in total. The number of nitrogens with zero attached hydrogens (tertiary/aromatic N) is 1. The number of benzene rings is 9. The molecule has 1 nitrogen and oxygen atoms in total. The van der Waals surface area contributed by atoms with Crippen molar-refractivity contribution in [3.63, 3.8) is 0 Å². The van der Waals surface area contributed by atoms with Crippen LogP contribution >= 0.6 is 0 Å². The van der Waals surface area contributed by atoms with E-state index in [9.17, 15) is 0 Å². The maximum absolute atomic E-state index is 16.8. The molecule has 0 unspecified atom stereocenters. The highest BCUT2D eigenvalue weighted by molar-refractivity contribution is 7.19. The normalized spacial score (nSPS) is 12.9. The molecule has 0 radical (unpaired) electrons. The van der Waals surface area contributed by atoms with Crippen molar-refractivity contribution in [2.24, 2.45) is 0 Å². The topological polar surface area (TPSA) is 3.24 Å². The van der Waals surface area contributed by atoms with Crippen LogP contribution in [0.15, 0.2) is 218 Å². The molecule has 0 saturated carbocycles. The zero-order valence-electron chi connectivity index (χ0n) is 32.6. The maximum Gasteiger partial charge on any atom is 0.179 e. The Hall–Kier alpha value is -6.81. The van der Waals surface area contributed by atoms with Crippen LogP contribution in [0.3, 0.4) is 0 Å². The molecule has 0 spiro atoms. The van der Waals surface area contributed by atoms with Gasteiger partial charge in [-0.05, 0) is 102 Å². The number of rotatable bonds is 8. The Morgan fingerprint density at radius 1 is 0.379 bits per heavy atom. The highest BCUT2D eigenvalue weighted by Crippen LogP contribution is 2.50. The summed E-state index contributed by atoms with van der Waals surface area (Å²) in [5.74, 6) is -0.261. The van der Waals surface area contributed by atoms with E-state index in [1.165, 1.54) is 48.4 Å². The third-order valence-corrected chi connectivity index (χ3v) is 17.1. The highest BCUT2D eigenvalue weighted by atomic mass is 28.3. The quantitative estimate of drug-likeness (QED) is 0.110. The molecule has 0 aliphatic heterocycles. The van der Waals surface area contributed by atoms with Crippen LogP contribution in [-0.4, -0.2) is 8.07 Å². The summed E-state index contributed by atoms with van der Waals surface area (Å²) in [4.78, 5) is 2.20. The van der Waals surface area contributed by atoms with Gasteiger partial charge in [-0.2, -0.15) is 0 Å². The SMILES string of the molecule is CC1(C)c2ccccc2-c2ccc(N(c3ccc(-c4ccc([Si](c5ccccc5)(c5ccccc5)c5ccccc5)cc4)c(F)c3)c3ccc4ccccc4c3)cc21. The van der Waals surface area contributed by atoms with E-state index in [2.05, 4.69) is 225 Å². The second-order valence-electron chi connectivity index (χ2n) is 15.9. The molecule has 9 aromatic rings. The van der Waals surface area contributed by atoms with E-state index in [-0.39, 0.29) is 11.2 Å². The lowest BCUT2D eigenvalue weighted by molar-refractivity contribution is 0.631. The summed E-state index contributed by atoms with van der Waals surface area (Å²) in [6.07, 6.45) is 0. The number of fused-ring (bicyclic) bond motifs is 4.